The Labute approximate surface area is 147 Å². The predicted octanol–water partition coefficient (Wildman–Crippen LogP) is 1.99. The Morgan fingerprint density at radius 1 is 1.08 bits per heavy atom. The van der Waals surface area contributed by atoms with Crippen LogP contribution in [0, 0.1) is 5.92 Å². The first-order chi connectivity index (χ1) is 12.0. The average Bonchev–Trinajstić information content (AvgIpc) is 2.62. The van der Waals surface area contributed by atoms with Crippen LogP contribution in [-0.4, -0.2) is 20.6 Å². The van der Waals surface area contributed by atoms with Gasteiger partial charge in [0.15, 0.2) is 0 Å². The van der Waals surface area contributed by atoms with Crippen LogP contribution in [0.15, 0.2) is 46.0 Å². The molecule has 0 bridgehead atoms. The van der Waals surface area contributed by atoms with Gasteiger partial charge in [0.25, 0.3) is 5.56 Å². The standard InChI is InChI=1S/C20H25N3O2/c1-21-17(12-18(24)22(2)19(21)25)14-23-13-16-10-6-7-11-20(16,23)15-8-4-3-5-9-15/h3-5,8-9,12,16H,6-7,10-11,13-14H2,1-2H3/t16-,20+/m1/s1. The van der Waals surface area contributed by atoms with E-state index < -0.39 is 0 Å². The van der Waals surface area contributed by atoms with Crippen molar-refractivity contribution < 1.29 is 0 Å². The van der Waals surface area contributed by atoms with Crippen LogP contribution in [0.5, 0.6) is 0 Å². The van der Waals surface area contributed by atoms with Crippen LogP contribution in [0.1, 0.15) is 36.9 Å². The zero-order valence-corrected chi connectivity index (χ0v) is 14.9. The molecule has 0 radical (unpaired) electrons. The highest BCUT2D eigenvalue weighted by molar-refractivity contribution is 5.30. The summed E-state index contributed by atoms with van der Waals surface area (Å²) >= 11 is 0. The third-order valence-corrected chi connectivity index (χ3v) is 6.29. The summed E-state index contributed by atoms with van der Waals surface area (Å²) in [6.45, 7) is 1.69. The SMILES string of the molecule is Cn1c(CN2C[C@H]3CCCC[C@]32c2ccccc2)cc(=O)n(C)c1=O. The molecule has 2 aromatic rings. The fourth-order valence-corrected chi connectivity index (χ4v) is 4.82. The van der Waals surface area contributed by atoms with Gasteiger partial charge >= 0.3 is 5.69 Å². The summed E-state index contributed by atoms with van der Waals surface area (Å²) < 4.78 is 2.77. The molecule has 1 saturated carbocycles. The minimum absolute atomic E-state index is 0.0661. The highest BCUT2D eigenvalue weighted by Crippen LogP contribution is 2.54. The molecule has 1 aliphatic heterocycles. The molecule has 1 aromatic heterocycles. The van der Waals surface area contributed by atoms with Gasteiger partial charge in [-0.15, -0.1) is 0 Å². The number of hydrogen-bond acceptors (Lipinski definition) is 3. The molecule has 5 heteroatoms. The van der Waals surface area contributed by atoms with E-state index in [0.717, 1.165) is 23.2 Å². The van der Waals surface area contributed by atoms with Crippen LogP contribution in [-0.2, 0) is 26.2 Å². The Hall–Kier alpha value is -2.14. The Morgan fingerprint density at radius 2 is 1.84 bits per heavy atom. The van der Waals surface area contributed by atoms with Crippen molar-refractivity contribution in [2.75, 3.05) is 6.54 Å². The van der Waals surface area contributed by atoms with Crippen LogP contribution in [0.2, 0.25) is 0 Å². The van der Waals surface area contributed by atoms with Gasteiger partial charge in [-0.05, 0) is 24.3 Å². The molecule has 0 N–H and O–H groups in total. The molecule has 25 heavy (non-hydrogen) atoms. The lowest BCUT2D eigenvalue weighted by atomic mass is 9.61. The lowest BCUT2D eigenvalue weighted by molar-refractivity contribution is -0.122. The van der Waals surface area contributed by atoms with Crippen molar-refractivity contribution in [2.24, 2.45) is 20.0 Å². The van der Waals surface area contributed by atoms with E-state index in [2.05, 4.69) is 35.2 Å². The van der Waals surface area contributed by atoms with E-state index in [1.165, 1.54) is 31.9 Å². The Morgan fingerprint density at radius 3 is 2.56 bits per heavy atom. The third-order valence-electron chi connectivity index (χ3n) is 6.29. The van der Waals surface area contributed by atoms with E-state index in [9.17, 15) is 9.59 Å². The van der Waals surface area contributed by atoms with Crippen LogP contribution in [0.3, 0.4) is 0 Å². The summed E-state index contributed by atoms with van der Waals surface area (Å²) in [5.41, 5.74) is 1.76. The molecule has 2 fully saturated rings. The Kier molecular flexibility index (Phi) is 3.91. The van der Waals surface area contributed by atoms with Crippen molar-refractivity contribution in [3.63, 3.8) is 0 Å². The summed E-state index contributed by atoms with van der Waals surface area (Å²) in [6.07, 6.45) is 4.95. The molecular weight excluding hydrogens is 314 g/mol. The van der Waals surface area contributed by atoms with Crippen molar-refractivity contribution in [1.29, 1.82) is 0 Å². The van der Waals surface area contributed by atoms with Crippen molar-refractivity contribution in [3.8, 4) is 0 Å². The number of likely N-dealkylation sites (tertiary alicyclic amines) is 1. The minimum Gasteiger partial charge on any atom is -0.299 e. The van der Waals surface area contributed by atoms with Crippen LogP contribution < -0.4 is 11.2 Å². The first-order valence-corrected chi connectivity index (χ1v) is 9.10. The molecular formula is C20H25N3O2. The van der Waals surface area contributed by atoms with Crippen LogP contribution in [0.25, 0.3) is 0 Å². The van der Waals surface area contributed by atoms with Gasteiger partial charge in [0.2, 0.25) is 0 Å². The number of aromatic nitrogens is 2. The molecule has 0 unspecified atom stereocenters. The van der Waals surface area contributed by atoms with Crippen molar-refractivity contribution >= 4 is 0 Å². The predicted molar refractivity (Wildman–Crippen MR) is 97.4 cm³/mol. The molecule has 2 aliphatic rings. The lowest BCUT2D eigenvalue weighted by Gasteiger charge is -2.62. The number of benzene rings is 1. The topological polar surface area (TPSA) is 47.2 Å². The molecule has 1 saturated heterocycles. The number of rotatable bonds is 3. The van der Waals surface area contributed by atoms with Crippen molar-refractivity contribution in [2.45, 2.75) is 37.8 Å². The molecule has 132 valence electrons. The summed E-state index contributed by atoms with van der Waals surface area (Å²) in [5.74, 6) is 0.673. The molecule has 2 atom stereocenters. The molecule has 1 aliphatic carbocycles. The average molecular weight is 339 g/mol. The number of fused-ring (bicyclic) bond motifs is 1. The van der Waals surface area contributed by atoms with Gasteiger partial charge < -0.3 is 0 Å². The maximum absolute atomic E-state index is 12.2. The minimum atomic E-state index is -0.253. The number of nitrogens with zero attached hydrogens (tertiary/aromatic N) is 3. The summed E-state index contributed by atoms with van der Waals surface area (Å²) in [7, 11) is 3.28. The van der Waals surface area contributed by atoms with Gasteiger partial charge in [-0.1, -0.05) is 43.2 Å². The second kappa shape index (κ2) is 5.99. The summed E-state index contributed by atoms with van der Waals surface area (Å²) in [5, 5.41) is 0. The molecule has 4 rings (SSSR count). The Balaban J connectivity index is 1.72. The molecule has 0 spiro atoms. The maximum atomic E-state index is 12.2. The van der Waals surface area contributed by atoms with E-state index in [0.29, 0.717) is 12.5 Å². The quantitative estimate of drug-likeness (QED) is 0.859. The van der Waals surface area contributed by atoms with Crippen LogP contribution >= 0.6 is 0 Å². The van der Waals surface area contributed by atoms with E-state index >= 15 is 0 Å². The number of hydrogen-bond donors (Lipinski definition) is 0. The second-order valence-corrected chi connectivity index (χ2v) is 7.49. The van der Waals surface area contributed by atoms with E-state index in [-0.39, 0.29) is 16.8 Å². The zero-order chi connectivity index (χ0) is 17.6. The van der Waals surface area contributed by atoms with E-state index in [1.54, 1.807) is 17.7 Å². The monoisotopic (exact) mass is 339 g/mol. The highest BCUT2D eigenvalue weighted by atomic mass is 16.2. The second-order valence-electron chi connectivity index (χ2n) is 7.49. The van der Waals surface area contributed by atoms with Gasteiger partial charge in [0.1, 0.15) is 0 Å². The fraction of sp³-hybridized carbons (Fsp3) is 0.500. The molecule has 5 nitrogen and oxygen atoms in total. The van der Waals surface area contributed by atoms with Gasteiger partial charge in [0.05, 0.1) is 5.54 Å². The maximum Gasteiger partial charge on any atom is 0.330 e. The summed E-state index contributed by atoms with van der Waals surface area (Å²) in [6, 6.07) is 12.4. The zero-order valence-electron chi connectivity index (χ0n) is 14.9. The first kappa shape index (κ1) is 16.3. The fourth-order valence-electron chi connectivity index (χ4n) is 4.82. The molecule has 0 amide bonds. The van der Waals surface area contributed by atoms with Gasteiger partial charge in [-0.3, -0.25) is 18.8 Å². The normalized spacial score (nSPS) is 26.1. The molecule has 1 aromatic carbocycles. The Bertz CT molecular complexity index is 899. The van der Waals surface area contributed by atoms with Gasteiger partial charge in [-0.25, -0.2) is 4.79 Å². The van der Waals surface area contributed by atoms with Gasteiger partial charge in [0, 0.05) is 38.9 Å². The van der Waals surface area contributed by atoms with E-state index in [1.807, 2.05) is 0 Å². The summed E-state index contributed by atoms with van der Waals surface area (Å²) in [4.78, 5) is 26.8. The largest absolute Gasteiger partial charge is 0.330 e. The smallest absolute Gasteiger partial charge is 0.299 e. The van der Waals surface area contributed by atoms with Gasteiger partial charge in [-0.2, -0.15) is 0 Å². The van der Waals surface area contributed by atoms with E-state index in [4.69, 9.17) is 0 Å². The van der Waals surface area contributed by atoms with Crippen LogP contribution in [0.4, 0.5) is 0 Å². The van der Waals surface area contributed by atoms with Crippen molar-refractivity contribution in [3.05, 3.63) is 68.5 Å². The molecule has 2 heterocycles. The third kappa shape index (κ3) is 2.41. The lowest BCUT2D eigenvalue weighted by Crippen LogP contribution is -2.65. The van der Waals surface area contributed by atoms with Crippen molar-refractivity contribution in [1.82, 2.24) is 14.0 Å². The first-order valence-electron chi connectivity index (χ1n) is 9.10. The highest BCUT2D eigenvalue weighted by Gasteiger charge is 2.54.